The van der Waals surface area contributed by atoms with Crippen molar-refractivity contribution in [3.63, 3.8) is 0 Å². The topological polar surface area (TPSA) is 102 Å². The summed E-state index contributed by atoms with van der Waals surface area (Å²) in [6, 6.07) is -0.747. The van der Waals surface area contributed by atoms with Crippen LogP contribution in [0, 0.1) is 11.8 Å². The molecule has 124 valence electrons. The molecule has 7 heteroatoms. The van der Waals surface area contributed by atoms with E-state index in [-0.39, 0.29) is 12.0 Å². The van der Waals surface area contributed by atoms with Crippen LogP contribution in [0.15, 0.2) is 0 Å². The van der Waals surface area contributed by atoms with Crippen molar-refractivity contribution in [1.82, 2.24) is 10.6 Å². The third-order valence-corrected chi connectivity index (χ3v) is 3.73. The zero-order valence-electron chi connectivity index (χ0n) is 14.0. The van der Waals surface area contributed by atoms with Crippen LogP contribution in [0.2, 0.25) is 0 Å². The van der Waals surface area contributed by atoms with Crippen LogP contribution in [-0.4, -0.2) is 52.3 Å². The summed E-state index contributed by atoms with van der Waals surface area (Å²) in [5.74, 6) is -0.553. The molecule has 0 saturated carbocycles. The van der Waals surface area contributed by atoms with E-state index >= 15 is 0 Å². The standard InChI is InChI=1S/C14H31BN2O4/c1-8(2)10(5)7-12(15(20)21)17-14(19)13(11(6)18)16-9(3)4/h8-13,16,18,20-21H,7H2,1-6H3,(H,17,19)/t10-,11-,12+,13+/m1/s1. The zero-order chi connectivity index (χ0) is 16.7. The van der Waals surface area contributed by atoms with E-state index in [4.69, 9.17) is 0 Å². The Labute approximate surface area is 128 Å². The van der Waals surface area contributed by atoms with Gasteiger partial charge in [-0.25, -0.2) is 0 Å². The maximum absolute atomic E-state index is 12.2. The fraction of sp³-hybridized carbons (Fsp3) is 0.929. The average molecular weight is 302 g/mol. The number of hydrogen-bond donors (Lipinski definition) is 5. The second kappa shape index (κ2) is 9.40. The second-order valence-electron chi connectivity index (χ2n) is 6.53. The van der Waals surface area contributed by atoms with Crippen LogP contribution in [-0.2, 0) is 4.79 Å². The van der Waals surface area contributed by atoms with Crippen LogP contribution in [0.25, 0.3) is 0 Å². The van der Waals surface area contributed by atoms with Crippen molar-refractivity contribution in [2.45, 2.75) is 72.1 Å². The third-order valence-electron chi connectivity index (χ3n) is 3.73. The number of aliphatic hydroxyl groups excluding tert-OH is 1. The Morgan fingerprint density at radius 3 is 1.95 bits per heavy atom. The number of aliphatic hydroxyl groups is 1. The largest absolute Gasteiger partial charge is 0.475 e. The van der Waals surface area contributed by atoms with Gasteiger partial charge in [0.2, 0.25) is 5.91 Å². The molecule has 0 unspecified atom stereocenters. The Morgan fingerprint density at radius 2 is 1.62 bits per heavy atom. The summed E-state index contributed by atoms with van der Waals surface area (Å²) in [5, 5.41) is 34.2. The molecule has 1 amide bonds. The van der Waals surface area contributed by atoms with Crippen molar-refractivity contribution in [1.29, 1.82) is 0 Å². The first-order valence-electron chi connectivity index (χ1n) is 7.66. The van der Waals surface area contributed by atoms with Crippen molar-refractivity contribution >= 4 is 13.0 Å². The smallest absolute Gasteiger partial charge is 0.426 e. The molecule has 0 aromatic rings. The summed E-state index contributed by atoms with van der Waals surface area (Å²) in [4.78, 5) is 12.2. The minimum Gasteiger partial charge on any atom is -0.426 e. The molecule has 6 nitrogen and oxygen atoms in total. The summed E-state index contributed by atoms with van der Waals surface area (Å²) >= 11 is 0. The predicted octanol–water partition coefficient (Wildman–Crippen LogP) is -0.0872. The molecule has 0 aliphatic heterocycles. The first-order chi connectivity index (χ1) is 9.56. The fourth-order valence-electron chi connectivity index (χ4n) is 1.99. The molecule has 0 spiro atoms. The quantitative estimate of drug-likeness (QED) is 0.383. The molecule has 21 heavy (non-hydrogen) atoms. The van der Waals surface area contributed by atoms with E-state index in [1.165, 1.54) is 6.92 Å². The highest BCUT2D eigenvalue weighted by Crippen LogP contribution is 2.16. The molecule has 4 atom stereocenters. The van der Waals surface area contributed by atoms with E-state index in [0.29, 0.717) is 12.3 Å². The maximum atomic E-state index is 12.2. The monoisotopic (exact) mass is 302 g/mol. The highest BCUT2D eigenvalue weighted by Gasteiger charge is 2.32. The molecule has 0 aromatic carbocycles. The fourth-order valence-corrected chi connectivity index (χ4v) is 1.99. The van der Waals surface area contributed by atoms with E-state index < -0.39 is 31.1 Å². The van der Waals surface area contributed by atoms with Gasteiger partial charge in [-0.15, -0.1) is 0 Å². The van der Waals surface area contributed by atoms with E-state index in [9.17, 15) is 19.9 Å². The van der Waals surface area contributed by atoms with Gasteiger partial charge in [0.1, 0.15) is 6.04 Å². The zero-order valence-corrected chi connectivity index (χ0v) is 14.0. The Hall–Kier alpha value is -0.625. The molecule has 0 radical (unpaired) electrons. The molecule has 0 saturated heterocycles. The molecule has 0 aliphatic rings. The maximum Gasteiger partial charge on any atom is 0.475 e. The van der Waals surface area contributed by atoms with Gasteiger partial charge in [-0.3, -0.25) is 4.79 Å². The number of hydrogen-bond acceptors (Lipinski definition) is 5. The van der Waals surface area contributed by atoms with Crippen molar-refractivity contribution < 1.29 is 19.9 Å². The van der Waals surface area contributed by atoms with Crippen molar-refractivity contribution in [3.8, 4) is 0 Å². The molecule has 0 bridgehead atoms. The Morgan fingerprint density at radius 1 is 1.10 bits per heavy atom. The number of amides is 1. The van der Waals surface area contributed by atoms with Crippen LogP contribution in [0.3, 0.4) is 0 Å². The normalized spacial score (nSPS) is 17.5. The van der Waals surface area contributed by atoms with Crippen LogP contribution in [0.4, 0.5) is 0 Å². The lowest BCUT2D eigenvalue weighted by molar-refractivity contribution is -0.126. The Balaban J connectivity index is 4.78. The molecule has 0 fully saturated rings. The third kappa shape index (κ3) is 7.81. The number of carbonyl (C=O) groups excluding carboxylic acids is 1. The lowest BCUT2D eigenvalue weighted by atomic mass is 9.73. The summed E-state index contributed by atoms with van der Waals surface area (Å²) in [6.45, 7) is 11.4. The molecule has 0 heterocycles. The highest BCUT2D eigenvalue weighted by atomic mass is 16.4. The number of carbonyl (C=O) groups is 1. The molecule has 0 rings (SSSR count). The molecular weight excluding hydrogens is 271 g/mol. The SMILES string of the molecule is CC(C)N[C@H](C(=O)N[C@@H](C[C@@H](C)C(C)C)B(O)O)[C@@H](C)O. The van der Waals surface area contributed by atoms with Crippen molar-refractivity contribution in [3.05, 3.63) is 0 Å². The minimum atomic E-state index is -1.62. The van der Waals surface area contributed by atoms with Crippen LogP contribution in [0.1, 0.15) is 48.0 Å². The lowest BCUT2D eigenvalue weighted by Crippen LogP contribution is -2.57. The van der Waals surface area contributed by atoms with Gasteiger partial charge < -0.3 is 25.8 Å². The van der Waals surface area contributed by atoms with Gasteiger partial charge >= 0.3 is 7.12 Å². The number of nitrogens with one attached hydrogen (secondary N) is 2. The van der Waals surface area contributed by atoms with Gasteiger partial charge in [0.15, 0.2) is 0 Å². The second-order valence-corrected chi connectivity index (χ2v) is 6.53. The Kier molecular flexibility index (Phi) is 9.12. The molecule has 0 aromatic heterocycles. The van der Waals surface area contributed by atoms with E-state index in [2.05, 4.69) is 10.6 Å². The highest BCUT2D eigenvalue weighted by molar-refractivity contribution is 6.43. The summed E-state index contributed by atoms with van der Waals surface area (Å²) in [6.07, 6.45) is -0.402. The average Bonchev–Trinajstić information content (AvgIpc) is 2.33. The summed E-state index contributed by atoms with van der Waals surface area (Å²) in [5.41, 5.74) is 0. The Bertz CT molecular complexity index is 311. The van der Waals surface area contributed by atoms with Gasteiger partial charge in [-0.05, 0) is 25.2 Å². The van der Waals surface area contributed by atoms with E-state index in [1.807, 2.05) is 34.6 Å². The van der Waals surface area contributed by atoms with Gasteiger partial charge in [0.25, 0.3) is 0 Å². The lowest BCUT2D eigenvalue weighted by Gasteiger charge is -2.28. The predicted molar refractivity (Wildman–Crippen MR) is 84.5 cm³/mol. The summed E-state index contributed by atoms with van der Waals surface area (Å²) < 4.78 is 0. The first-order valence-corrected chi connectivity index (χ1v) is 7.66. The van der Waals surface area contributed by atoms with Gasteiger partial charge in [0.05, 0.1) is 12.0 Å². The summed E-state index contributed by atoms with van der Waals surface area (Å²) in [7, 11) is -1.62. The van der Waals surface area contributed by atoms with Crippen LogP contribution < -0.4 is 10.6 Å². The van der Waals surface area contributed by atoms with Crippen molar-refractivity contribution in [2.24, 2.45) is 11.8 Å². The van der Waals surface area contributed by atoms with Gasteiger partial charge in [-0.1, -0.05) is 34.6 Å². The van der Waals surface area contributed by atoms with Crippen LogP contribution in [0.5, 0.6) is 0 Å². The molecule has 5 N–H and O–H groups in total. The number of rotatable bonds is 9. The van der Waals surface area contributed by atoms with E-state index in [1.54, 1.807) is 0 Å². The molecule has 0 aliphatic carbocycles. The molecular formula is C14H31BN2O4. The first kappa shape index (κ1) is 20.4. The van der Waals surface area contributed by atoms with Crippen molar-refractivity contribution in [2.75, 3.05) is 0 Å². The van der Waals surface area contributed by atoms with Gasteiger partial charge in [-0.2, -0.15) is 0 Å². The van der Waals surface area contributed by atoms with Crippen LogP contribution >= 0.6 is 0 Å². The van der Waals surface area contributed by atoms with Gasteiger partial charge in [0, 0.05) is 6.04 Å². The van der Waals surface area contributed by atoms with E-state index in [0.717, 1.165) is 0 Å². The minimum absolute atomic E-state index is 0.0300.